The Balaban J connectivity index is 1.62. The number of nitrogens with zero attached hydrogens (tertiary/aromatic N) is 6. The van der Waals surface area contributed by atoms with Crippen LogP contribution in [0.25, 0.3) is 0 Å². The first-order valence-electron chi connectivity index (χ1n) is 7.37. The summed E-state index contributed by atoms with van der Waals surface area (Å²) in [4.78, 5) is 22.0. The molecule has 0 aromatic carbocycles. The molecule has 22 heavy (non-hydrogen) atoms. The van der Waals surface area contributed by atoms with E-state index in [-0.39, 0.29) is 0 Å². The van der Waals surface area contributed by atoms with Crippen LogP contribution in [-0.4, -0.2) is 46.1 Å². The van der Waals surface area contributed by atoms with Gasteiger partial charge >= 0.3 is 0 Å². The molecule has 0 spiro atoms. The Morgan fingerprint density at radius 3 is 2.45 bits per heavy atom. The van der Waals surface area contributed by atoms with Crippen molar-refractivity contribution >= 4 is 27.7 Å². The Morgan fingerprint density at radius 2 is 1.82 bits per heavy atom. The molecule has 0 amide bonds. The zero-order valence-electron chi connectivity index (χ0n) is 12.8. The quantitative estimate of drug-likeness (QED) is 0.835. The maximum atomic E-state index is 4.55. The molecule has 116 valence electrons. The third-order valence-corrected chi connectivity index (χ3v) is 4.41. The van der Waals surface area contributed by atoms with Crippen LogP contribution in [0.15, 0.2) is 29.3 Å². The summed E-state index contributed by atoms with van der Waals surface area (Å²) in [7, 11) is 2.07. The summed E-state index contributed by atoms with van der Waals surface area (Å²) in [5.74, 6) is 1.75. The van der Waals surface area contributed by atoms with Crippen molar-refractivity contribution in [1.82, 2.24) is 19.9 Å². The first-order valence-corrected chi connectivity index (χ1v) is 8.17. The van der Waals surface area contributed by atoms with Crippen LogP contribution >= 0.6 is 15.9 Å². The molecule has 2 aromatic rings. The second kappa shape index (κ2) is 6.56. The molecule has 1 saturated heterocycles. The van der Waals surface area contributed by atoms with Crippen LogP contribution in [0, 0.1) is 6.92 Å². The van der Waals surface area contributed by atoms with Gasteiger partial charge in [0.25, 0.3) is 0 Å². The first-order chi connectivity index (χ1) is 10.6. The monoisotopic (exact) mass is 362 g/mol. The lowest BCUT2D eigenvalue weighted by Gasteiger charge is -2.37. The number of aryl methyl sites for hydroxylation is 1. The molecular weight excluding hydrogens is 344 g/mol. The van der Waals surface area contributed by atoms with Crippen LogP contribution in [0.3, 0.4) is 0 Å². The van der Waals surface area contributed by atoms with E-state index in [0.29, 0.717) is 6.04 Å². The molecule has 3 heterocycles. The highest BCUT2D eigenvalue weighted by molar-refractivity contribution is 9.10. The minimum absolute atomic E-state index is 0.454. The Morgan fingerprint density at radius 1 is 1.14 bits per heavy atom. The van der Waals surface area contributed by atoms with Gasteiger partial charge in [0.1, 0.15) is 5.82 Å². The third-order valence-electron chi connectivity index (χ3n) is 4.00. The lowest BCUT2D eigenvalue weighted by atomic mass is 10.0. The number of rotatable bonds is 3. The van der Waals surface area contributed by atoms with E-state index >= 15 is 0 Å². The van der Waals surface area contributed by atoms with E-state index in [0.717, 1.165) is 47.9 Å². The molecule has 2 aromatic heterocycles. The van der Waals surface area contributed by atoms with Gasteiger partial charge in [-0.05, 0) is 35.7 Å². The Kier molecular flexibility index (Phi) is 4.52. The fourth-order valence-electron chi connectivity index (χ4n) is 2.74. The lowest BCUT2D eigenvalue weighted by Crippen LogP contribution is -2.44. The topological polar surface area (TPSA) is 58.0 Å². The van der Waals surface area contributed by atoms with E-state index in [9.17, 15) is 0 Å². The molecule has 3 rings (SSSR count). The molecule has 0 radical (unpaired) electrons. The summed E-state index contributed by atoms with van der Waals surface area (Å²) >= 11 is 3.37. The first kappa shape index (κ1) is 15.1. The Labute approximate surface area is 138 Å². The number of anilines is 2. The number of hydrogen-bond donors (Lipinski definition) is 0. The highest BCUT2D eigenvalue weighted by Crippen LogP contribution is 2.22. The number of hydrogen-bond acceptors (Lipinski definition) is 6. The van der Waals surface area contributed by atoms with E-state index in [1.165, 1.54) is 0 Å². The fraction of sp³-hybridized carbons (Fsp3) is 0.467. The van der Waals surface area contributed by atoms with Crippen LogP contribution < -0.4 is 9.80 Å². The highest BCUT2D eigenvalue weighted by Gasteiger charge is 2.24. The van der Waals surface area contributed by atoms with Crippen molar-refractivity contribution in [3.63, 3.8) is 0 Å². The van der Waals surface area contributed by atoms with Crippen molar-refractivity contribution < 1.29 is 0 Å². The molecule has 1 aliphatic heterocycles. The van der Waals surface area contributed by atoms with Crippen LogP contribution in [0.5, 0.6) is 0 Å². The normalized spacial score (nSPS) is 15.9. The van der Waals surface area contributed by atoms with Gasteiger partial charge in [0.05, 0.1) is 16.4 Å². The lowest BCUT2D eigenvalue weighted by molar-refractivity contribution is 0.475. The van der Waals surface area contributed by atoms with E-state index < -0.39 is 0 Å². The van der Waals surface area contributed by atoms with Crippen LogP contribution in [0.2, 0.25) is 0 Å². The number of halogens is 1. The molecule has 0 aliphatic carbocycles. The second-order valence-corrected chi connectivity index (χ2v) is 6.46. The van der Waals surface area contributed by atoms with Crippen LogP contribution in [0.1, 0.15) is 18.5 Å². The largest absolute Gasteiger partial charge is 0.355 e. The van der Waals surface area contributed by atoms with Crippen LogP contribution in [-0.2, 0) is 0 Å². The van der Waals surface area contributed by atoms with Crippen molar-refractivity contribution in [2.75, 3.05) is 29.9 Å². The van der Waals surface area contributed by atoms with E-state index in [2.05, 4.69) is 52.7 Å². The third kappa shape index (κ3) is 3.35. The molecule has 7 heteroatoms. The standard InChI is InChI=1S/C15H19BrN6/c1-11-7-17-10-14(20-11)22-5-3-13(4-6-22)21(2)15-18-8-12(16)9-19-15/h7-10,13H,3-6H2,1-2H3. The molecule has 1 fully saturated rings. The average molecular weight is 363 g/mol. The minimum Gasteiger partial charge on any atom is -0.355 e. The number of piperidine rings is 1. The highest BCUT2D eigenvalue weighted by atomic mass is 79.9. The molecule has 0 N–H and O–H groups in total. The number of aromatic nitrogens is 4. The zero-order valence-corrected chi connectivity index (χ0v) is 14.4. The maximum Gasteiger partial charge on any atom is 0.225 e. The smallest absolute Gasteiger partial charge is 0.225 e. The molecule has 0 saturated carbocycles. The van der Waals surface area contributed by atoms with Gasteiger partial charge in [-0.15, -0.1) is 0 Å². The fourth-order valence-corrected chi connectivity index (χ4v) is 2.94. The summed E-state index contributed by atoms with van der Waals surface area (Å²) in [6, 6.07) is 0.454. The van der Waals surface area contributed by atoms with Gasteiger partial charge in [0.2, 0.25) is 5.95 Å². The average Bonchev–Trinajstić information content (AvgIpc) is 2.55. The van der Waals surface area contributed by atoms with Gasteiger partial charge in [-0.2, -0.15) is 0 Å². The summed E-state index contributed by atoms with van der Waals surface area (Å²) in [5, 5.41) is 0. The van der Waals surface area contributed by atoms with E-state index in [4.69, 9.17) is 0 Å². The van der Waals surface area contributed by atoms with Gasteiger partial charge in [-0.3, -0.25) is 4.98 Å². The van der Waals surface area contributed by atoms with Gasteiger partial charge < -0.3 is 9.80 Å². The van der Waals surface area contributed by atoms with Crippen molar-refractivity contribution in [2.24, 2.45) is 0 Å². The summed E-state index contributed by atoms with van der Waals surface area (Å²) < 4.78 is 0.900. The molecule has 0 unspecified atom stereocenters. The second-order valence-electron chi connectivity index (χ2n) is 5.55. The van der Waals surface area contributed by atoms with E-state index in [1.54, 1.807) is 18.6 Å². The molecular formula is C15H19BrN6. The van der Waals surface area contributed by atoms with Crippen molar-refractivity contribution in [3.8, 4) is 0 Å². The summed E-state index contributed by atoms with van der Waals surface area (Å²) in [6.07, 6.45) is 9.33. The minimum atomic E-state index is 0.454. The van der Waals surface area contributed by atoms with Gasteiger partial charge in [0.15, 0.2) is 0 Å². The predicted molar refractivity (Wildman–Crippen MR) is 90.1 cm³/mol. The zero-order chi connectivity index (χ0) is 15.5. The SMILES string of the molecule is Cc1cncc(N2CCC(N(C)c3ncc(Br)cn3)CC2)n1. The van der Waals surface area contributed by atoms with Crippen LogP contribution in [0.4, 0.5) is 11.8 Å². The molecule has 1 aliphatic rings. The van der Waals surface area contributed by atoms with Crippen molar-refractivity contribution in [1.29, 1.82) is 0 Å². The van der Waals surface area contributed by atoms with E-state index in [1.807, 2.05) is 13.1 Å². The van der Waals surface area contributed by atoms with Crippen molar-refractivity contribution in [2.45, 2.75) is 25.8 Å². The van der Waals surface area contributed by atoms with Crippen molar-refractivity contribution in [3.05, 3.63) is 35.0 Å². The Hall–Kier alpha value is -1.76. The van der Waals surface area contributed by atoms with Gasteiger partial charge in [-0.1, -0.05) is 0 Å². The predicted octanol–water partition coefficient (Wildman–Crippen LogP) is 2.44. The molecule has 0 atom stereocenters. The molecule has 6 nitrogen and oxygen atoms in total. The maximum absolute atomic E-state index is 4.55. The Bertz CT molecular complexity index is 624. The molecule has 0 bridgehead atoms. The van der Waals surface area contributed by atoms with Gasteiger partial charge in [-0.25, -0.2) is 15.0 Å². The summed E-state index contributed by atoms with van der Waals surface area (Å²) in [5.41, 5.74) is 0.958. The van der Waals surface area contributed by atoms with Gasteiger partial charge in [0, 0.05) is 44.8 Å². The summed E-state index contributed by atoms with van der Waals surface area (Å²) in [6.45, 7) is 3.93.